The molecule has 1 unspecified atom stereocenters. The van der Waals surface area contributed by atoms with Crippen molar-refractivity contribution >= 4 is 0 Å². The Morgan fingerprint density at radius 1 is 1.21 bits per heavy atom. The van der Waals surface area contributed by atoms with Gasteiger partial charge in [0.25, 0.3) is 0 Å². The van der Waals surface area contributed by atoms with Crippen LogP contribution in [-0.4, -0.2) is 16.3 Å². The first-order valence-electron chi connectivity index (χ1n) is 5.25. The SMILES string of the molecule is OC1=CC2=C(C1)CC1=C2CC(O)CC1. The van der Waals surface area contributed by atoms with E-state index < -0.39 is 0 Å². The molecule has 0 aliphatic heterocycles. The molecule has 3 aliphatic rings. The molecule has 0 amide bonds. The van der Waals surface area contributed by atoms with E-state index in [0.717, 1.165) is 32.1 Å². The zero-order chi connectivity index (χ0) is 9.71. The fourth-order valence-electron chi connectivity index (χ4n) is 2.82. The average Bonchev–Trinajstić information content (AvgIpc) is 2.62. The summed E-state index contributed by atoms with van der Waals surface area (Å²) in [7, 11) is 0. The molecule has 74 valence electrons. The summed E-state index contributed by atoms with van der Waals surface area (Å²) < 4.78 is 0. The van der Waals surface area contributed by atoms with Gasteiger partial charge in [0, 0.05) is 6.42 Å². The fraction of sp³-hybridized carbons (Fsp3) is 0.500. The van der Waals surface area contributed by atoms with E-state index in [1.54, 1.807) is 0 Å². The molecule has 14 heavy (non-hydrogen) atoms. The standard InChI is InChI=1S/C12H14O2/c13-9-2-1-7-3-8-4-10(14)6-12(8)11(7)5-9/h6,9,13-14H,1-5H2. The van der Waals surface area contributed by atoms with Gasteiger partial charge in [0.15, 0.2) is 0 Å². The van der Waals surface area contributed by atoms with Crippen LogP contribution in [0.1, 0.15) is 32.1 Å². The quantitative estimate of drug-likeness (QED) is 0.615. The van der Waals surface area contributed by atoms with Gasteiger partial charge in [-0.15, -0.1) is 0 Å². The molecule has 0 heterocycles. The Labute approximate surface area is 83.3 Å². The lowest BCUT2D eigenvalue weighted by molar-refractivity contribution is 0.159. The van der Waals surface area contributed by atoms with Crippen LogP contribution in [0.4, 0.5) is 0 Å². The molecule has 0 aromatic rings. The van der Waals surface area contributed by atoms with E-state index in [1.807, 2.05) is 6.08 Å². The normalized spacial score (nSPS) is 30.6. The first kappa shape index (κ1) is 8.30. The molecule has 0 aromatic heterocycles. The number of fused-ring (bicyclic) bond motifs is 1. The van der Waals surface area contributed by atoms with Crippen LogP contribution in [0.5, 0.6) is 0 Å². The van der Waals surface area contributed by atoms with Gasteiger partial charge in [-0.25, -0.2) is 0 Å². The minimum atomic E-state index is -0.170. The topological polar surface area (TPSA) is 40.5 Å². The van der Waals surface area contributed by atoms with E-state index in [0.29, 0.717) is 5.76 Å². The van der Waals surface area contributed by atoms with Crippen molar-refractivity contribution in [2.45, 2.75) is 38.2 Å². The van der Waals surface area contributed by atoms with Crippen molar-refractivity contribution in [2.75, 3.05) is 0 Å². The molecule has 1 atom stereocenters. The van der Waals surface area contributed by atoms with E-state index in [9.17, 15) is 10.2 Å². The van der Waals surface area contributed by atoms with Gasteiger partial charge in [-0.3, -0.25) is 0 Å². The Kier molecular flexibility index (Phi) is 1.62. The van der Waals surface area contributed by atoms with Gasteiger partial charge in [-0.1, -0.05) is 11.1 Å². The maximum Gasteiger partial charge on any atom is 0.0969 e. The van der Waals surface area contributed by atoms with Crippen molar-refractivity contribution in [1.82, 2.24) is 0 Å². The third kappa shape index (κ3) is 1.07. The molecular formula is C12H14O2. The number of allylic oxidation sites excluding steroid dienone is 4. The molecule has 2 N–H and O–H groups in total. The van der Waals surface area contributed by atoms with Crippen LogP contribution in [0.3, 0.4) is 0 Å². The van der Waals surface area contributed by atoms with Crippen LogP contribution < -0.4 is 0 Å². The molecule has 0 saturated carbocycles. The highest BCUT2D eigenvalue weighted by molar-refractivity contribution is 5.58. The number of hydrogen-bond acceptors (Lipinski definition) is 2. The van der Waals surface area contributed by atoms with Gasteiger partial charge >= 0.3 is 0 Å². The van der Waals surface area contributed by atoms with E-state index in [2.05, 4.69) is 0 Å². The van der Waals surface area contributed by atoms with Gasteiger partial charge in [0.1, 0.15) is 0 Å². The molecule has 0 saturated heterocycles. The van der Waals surface area contributed by atoms with Crippen molar-refractivity contribution in [2.24, 2.45) is 0 Å². The van der Waals surface area contributed by atoms with Crippen molar-refractivity contribution in [3.8, 4) is 0 Å². The van der Waals surface area contributed by atoms with Crippen LogP contribution in [0.25, 0.3) is 0 Å². The summed E-state index contributed by atoms with van der Waals surface area (Å²) in [6, 6.07) is 0. The maximum atomic E-state index is 9.60. The largest absolute Gasteiger partial charge is 0.512 e. The Balaban J connectivity index is 1.97. The Hall–Kier alpha value is -1.02. The summed E-state index contributed by atoms with van der Waals surface area (Å²) >= 11 is 0. The molecule has 0 aromatic carbocycles. The molecule has 0 fully saturated rings. The van der Waals surface area contributed by atoms with Crippen LogP contribution in [0.2, 0.25) is 0 Å². The van der Waals surface area contributed by atoms with E-state index in [1.165, 1.54) is 22.3 Å². The second-order valence-corrected chi connectivity index (χ2v) is 4.49. The molecule has 2 nitrogen and oxygen atoms in total. The fourth-order valence-corrected chi connectivity index (χ4v) is 2.82. The summed E-state index contributed by atoms with van der Waals surface area (Å²) in [5.41, 5.74) is 5.42. The molecule has 3 aliphatic carbocycles. The number of aliphatic hydroxyl groups excluding tert-OH is 2. The first-order chi connectivity index (χ1) is 6.74. The predicted molar refractivity (Wildman–Crippen MR) is 53.9 cm³/mol. The number of hydrogen-bond donors (Lipinski definition) is 2. The summed E-state index contributed by atoms with van der Waals surface area (Å²) in [5.74, 6) is 0.488. The lowest BCUT2D eigenvalue weighted by Gasteiger charge is -2.20. The zero-order valence-electron chi connectivity index (χ0n) is 8.08. The highest BCUT2D eigenvalue weighted by Gasteiger charge is 2.31. The minimum Gasteiger partial charge on any atom is -0.512 e. The first-order valence-corrected chi connectivity index (χ1v) is 5.25. The van der Waals surface area contributed by atoms with Gasteiger partial charge in [-0.2, -0.15) is 0 Å². The second-order valence-electron chi connectivity index (χ2n) is 4.49. The highest BCUT2D eigenvalue weighted by Crippen LogP contribution is 2.46. The van der Waals surface area contributed by atoms with E-state index >= 15 is 0 Å². The molecule has 3 rings (SSSR count). The third-order valence-electron chi connectivity index (χ3n) is 3.48. The molecule has 0 bridgehead atoms. The molecule has 0 spiro atoms. The summed E-state index contributed by atoms with van der Waals surface area (Å²) in [5, 5.41) is 19.0. The maximum absolute atomic E-state index is 9.60. The predicted octanol–water partition coefficient (Wildman–Crippen LogP) is 2.37. The Morgan fingerprint density at radius 3 is 2.93 bits per heavy atom. The number of rotatable bonds is 0. The summed E-state index contributed by atoms with van der Waals surface area (Å²) in [4.78, 5) is 0. The van der Waals surface area contributed by atoms with Crippen molar-refractivity contribution in [1.29, 1.82) is 0 Å². The second kappa shape index (κ2) is 2.74. The number of aliphatic hydroxyl groups is 2. The highest BCUT2D eigenvalue weighted by atomic mass is 16.3. The van der Waals surface area contributed by atoms with Gasteiger partial charge in [0.2, 0.25) is 0 Å². The lowest BCUT2D eigenvalue weighted by Crippen LogP contribution is -2.13. The summed E-state index contributed by atoms with van der Waals surface area (Å²) in [6.07, 6.45) is 6.23. The van der Waals surface area contributed by atoms with Gasteiger partial charge < -0.3 is 10.2 Å². The van der Waals surface area contributed by atoms with Gasteiger partial charge in [0.05, 0.1) is 11.9 Å². The summed E-state index contributed by atoms with van der Waals surface area (Å²) in [6.45, 7) is 0. The zero-order valence-corrected chi connectivity index (χ0v) is 8.08. The monoisotopic (exact) mass is 190 g/mol. The van der Waals surface area contributed by atoms with E-state index in [-0.39, 0.29) is 6.10 Å². The van der Waals surface area contributed by atoms with Crippen LogP contribution in [0.15, 0.2) is 34.1 Å². The Morgan fingerprint density at radius 2 is 2.07 bits per heavy atom. The smallest absolute Gasteiger partial charge is 0.0969 e. The average molecular weight is 190 g/mol. The third-order valence-corrected chi connectivity index (χ3v) is 3.48. The van der Waals surface area contributed by atoms with Crippen LogP contribution >= 0.6 is 0 Å². The van der Waals surface area contributed by atoms with Crippen LogP contribution in [0, 0.1) is 0 Å². The molecular weight excluding hydrogens is 176 g/mol. The lowest BCUT2D eigenvalue weighted by atomic mass is 9.89. The van der Waals surface area contributed by atoms with Crippen molar-refractivity contribution in [3.63, 3.8) is 0 Å². The Bertz CT molecular complexity index is 385. The van der Waals surface area contributed by atoms with Crippen LogP contribution in [-0.2, 0) is 0 Å². The minimum absolute atomic E-state index is 0.170. The van der Waals surface area contributed by atoms with Crippen molar-refractivity contribution in [3.05, 3.63) is 34.1 Å². The van der Waals surface area contributed by atoms with Gasteiger partial charge in [-0.05, 0) is 42.9 Å². The molecule has 2 heteroatoms. The van der Waals surface area contributed by atoms with Crippen molar-refractivity contribution < 1.29 is 10.2 Å². The molecule has 0 radical (unpaired) electrons. The van der Waals surface area contributed by atoms with E-state index in [4.69, 9.17) is 0 Å².